The standard InChI is InChI=1S/C28H28N5O2/c1-28(2,3)23-16-10-11-17-24(23)31-26-25(33(34)35)27(30-20-29-26)32(18-21-12-6-4-7-13-21)19-22-14-8-5-9-15-22/h4-10,12-17,20H,18-19H2,1-3H3,(H,29,30,31). The molecule has 0 atom stereocenters. The van der Waals surface area contributed by atoms with E-state index in [1.54, 1.807) is 6.07 Å². The fourth-order valence-electron chi connectivity index (χ4n) is 3.99. The van der Waals surface area contributed by atoms with Gasteiger partial charge in [0.15, 0.2) is 0 Å². The normalized spacial score (nSPS) is 11.2. The number of anilines is 3. The highest BCUT2D eigenvalue weighted by Crippen LogP contribution is 2.37. The van der Waals surface area contributed by atoms with E-state index in [-0.39, 0.29) is 22.7 Å². The summed E-state index contributed by atoms with van der Waals surface area (Å²) in [5.74, 6) is 0.411. The molecule has 4 aromatic rings. The van der Waals surface area contributed by atoms with E-state index < -0.39 is 4.92 Å². The van der Waals surface area contributed by atoms with Crippen LogP contribution in [0.1, 0.15) is 37.5 Å². The van der Waals surface area contributed by atoms with Crippen molar-refractivity contribution in [2.45, 2.75) is 39.3 Å². The molecule has 1 N–H and O–H groups in total. The molecule has 177 valence electrons. The van der Waals surface area contributed by atoms with Crippen molar-refractivity contribution in [3.05, 3.63) is 118 Å². The summed E-state index contributed by atoms with van der Waals surface area (Å²) < 4.78 is 0. The van der Waals surface area contributed by atoms with E-state index in [9.17, 15) is 10.1 Å². The van der Waals surface area contributed by atoms with Gasteiger partial charge in [0.25, 0.3) is 0 Å². The highest BCUT2D eigenvalue weighted by molar-refractivity contribution is 5.75. The Morgan fingerprint density at radius 2 is 1.54 bits per heavy atom. The molecule has 0 aliphatic heterocycles. The average Bonchev–Trinajstić information content (AvgIpc) is 2.84. The van der Waals surface area contributed by atoms with Gasteiger partial charge in [-0.3, -0.25) is 10.1 Å². The van der Waals surface area contributed by atoms with Gasteiger partial charge >= 0.3 is 5.69 Å². The Labute approximate surface area is 205 Å². The maximum atomic E-state index is 12.4. The van der Waals surface area contributed by atoms with Crippen molar-refractivity contribution in [3.8, 4) is 0 Å². The number of nitrogens with zero attached hydrogens (tertiary/aromatic N) is 4. The van der Waals surface area contributed by atoms with Crippen molar-refractivity contribution in [1.82, 2.24) is 9.97 Å². The lowest BCUT2D eigenvalue weighted by Gasteiger charge is -2.25. The molecular weight excluding hydrogens is 438 g/mol. The molecule has 0 spiro atoms. The second-order valence-corrected chi connectivity index (χ2v) is 9.33. The lowest BCUT2D eigenvalue weighted by molar-refractivity contribution is -0.383. The summed E-state index contributed by atoms with van der Waals surface area (Å²) in [5.41, 5.74) is 3.45. The van der Waals surface area contributed by atoms with E-state index in [1.165, 1.54) is 6.33 Å². The van der Waals surface area contributed by atoms with Crippen molar-refractivity contribution in [1.29, 1.82) is 0 Å². The lowest BCUT2D eigenvalue weighted by Crippen LogP contribution is -2.25. The van der Waals surface area contributed by atoms with Crippen LogP contribution < -0.4 is 10.2 Å². The van der Waals surface area contributed by atoms with Gasteiger partial charge in [0, 0.05) is 18.8 Å². The summed E-state index contributed by atoms with van der Waals surface area (Å²) in [6, 6.07) is 28.4. The van der Waals surface area contributed by atoms with E-state index in [0.29, 0.717) is 13.1 Å². The minimum absolute atomic E-state index is 0.149. The van der Waals surface area contributed by atoms with Crippen LogP contribution in [0.25, 0.3) is 0 Å². The van der Waals surface area contributed by atoms with Gasteiger partial charge < -0.3 is 10.2 Å². The zero-order valence-corrected chi connectivity index (χ0v) is 20.1. The summed E-state index contributed by atoms with van der Waals surface area (Å²) in [6.07, 6.45) is 1.37. The molecule has 0 aliphatic rings. The Kier molecular flexibility index (Phi) is 7.06. The van der Waals surface area contributed by atoms with Crippen LogP contribution >= 0.6 is 0 Å². The smallest absolute Gasteiger partial charge is 0.342 e. The van der Waals surface area contributed by atoms with Crippen LogP contribution in [0.2, 0.25) is 0 Å². The van der Waals surface area contributed by atoms with Crippen LogP contribution in [-0.4, -0.2) is 14.9 Å². The SMILES string of the molecule is CC(C)(C)c1cc[c]cc1Nc1ncnc(N(Cc2ccccc2)Cc2ccccc2)c1[N+](=O)[O-]. The first-order valence-electron chi connectivity index (χ1n) is 11.4. The Morgan fingerprint density at radius 3 is 2.09 bits per heavy atom. The zero-order chi connectivity index (χ0) is 24.8. The molecule has 0 bridgehead atoms. The van der Waals surface area contributed by atoms with Gasteiger partial charge in [-0.25, -0.2) is 9.97 Å². The first-order chi connectivity index (χ1) is 16.8. The number of hydrogen-bond acceptors (Lipinski definition) is 6. The molecule has 7 nitrogen and oxygen atoms in total. The van der Waals surface area contributed by atoms with Gasteiger partial charge in [0.05, 0.1) is 4.92 Å². The van der Waals surface area contributed by atoms with Crippen LogP contribution in [0.15, 0.2) is 85.2 Å². The van der Waals surface area contributed by atoms with Crippen molar-refractivity contribution in [2.24, 2.45) is 0 Å². The molecule has 3 aromatic carbocycles. The van der Waals surface area contributed by atoms with Crippen LogP contribution in [-0.2, 0) is 18.5 Å². The Bertz CT molecular complexity index is 1250. The topological polar surface area (TPSA) is 84.2 Å². The molecule has 1 aromatic heterocycles. The van der Waals surface area contributed by atoms with Crippen molar-refractivity contribution < 1.29 is 4.92 Å². The van der Waals surface area contributed by atoms with Crippen LogP contribution in [0.4, 0.5) is 23.0 Å². The number of benzene rings is 3. The summed E-state index contributed by atoms with van der Waals surface area (Å²) in [4.78, 5) is 22.5. The molecule has 7 heteroatoms. The predicted molar refractivity (Wildman–Crippen MR) is 139 cm³/mol. The van der Waals surface area contributed by atoms with Gasteiger partial charge in [-0.15, -0.1) is 0 Å². The zero-order valence-electron chi connectivity index (χ0n) is 20.1. The summed E-state index contributed by atoms with van der Waals surface area (Å²) in [6.45, 7) is 7.19. The van der Waals surface area contributed by atoms with Gasteiger partial charge in [-0.1, -0.05) is 93.6 Å². The molecule has 0 saturated heterocycles. The first kappa shape index (κ1) is 23.9. The minimum atomic E-state index is -0.413. The fourth-order valence-corrected chi connectivity index (χ4v) is 3.99. The molecule has 0 saturated carbocycles. The van der Waals surface area contributed by atoms with Crippen LogP contribution in [0.3, 0.4) is 0 Å². The summed E-state index contributed by atoms with van der Waals surface area (Å²) in [7, 11) is 0. The highest BCUT2D eigenvalue weighted by Gasteiger charge is 2.28. The molecule has 4 rings (SSSR count). The number of nitro groups is 1. The third kappa shape index (κ3) is 5.81. The average molecular weight is 467 g/mol. The van der Waals surface area contributed by atoms with E-state index in [1.807, 2.05) is 77.7 Å². The van der Waals surface area contributed by atoms with Crippen LogP contribution in [0, 0.1) is 16.2 Å². The van der Waals surface area contributed by atoms with Gasteiger partial charge in [0.1, 0.15) is 6.33 Å². The maximum absolute atomic E-state index is 12.4. The summed E-state index contributed by atoms with van der Waals surface area (Å²) in [5, 5.41) is 15.6. The number of rotatable bonds is 8. The van der Waals surface area contributed by atoms with Crippen molar-refractivity contribution >= 4 is 23.0 Å². The quantitative estimate of drug-likeness (QED) is 0.238. The Hall–Kier alpha value is -4.26. The molecule has 35 heavy (non-hydrogen) atoms. The first-order valence-corrected chi connectivity index (χ1v) is 11.4. The third-order valence-electron chi connectivity index (χ3n) is 5.64. The molecule has 0 amide bonds. The Balaban J connectivity index is 1.78. The highest BCUT2D eigenvalue weighted by atomic mass is 16.6. The maximum Gasteiger partial charge on any atom is 0.353 e. The Morgan fingerprint density at radius 1 is 0.943 bits per heavy atom. The molecule has 0 fully saturated rings. The number of hydrogen-bond donors (Lipinski definition) is 1. The molecule has 0 unspecified atom stereocenters. The van der Waals surface area contributed by atoms with E-state index >= 15 is 0 Å². The molecule has 1 heterocycles. The summed E-state index contributed by atoms with van der Waals surface area (Å²) >= 11 is 0. The van der Waals surface area contributed by atoms with Crippen molar-refractivity contribution in [3.63, 3.8) is 0 Å². The second-order valence-electron chi connectivity index (χ2n) is 9.33. The monoisotopic (exact) mass is 466 g/mol. The van der Waals surface area contributed by atoms with E-state index in [2.05, 4.69) is 42.1 Å². The molecule has 0 aliphatic carbocycles. The van der Waals surface area contributed by atoms with E-state index in [0.717, 1.165) is 22.4 Å². The third-order valence-corrected chi connectivity index (χ3v) is 5.64. The van der Waals surface area contributed by atoms with Gasteiger partial charge in [-0.05, 0) is 34.2 Å². The largest absolute Gasteiger partial charge is 0.353 e. The number of aromatic nitrogens is 2. The lowest BCUT2D eigenvalue weighted by atomic mass is 9.86. The van der Waals surface area contributed by atoms with Crippen molar-refractivity contribution in [2.75, 3.05) is 10.2 Å². The molecule has 1 radical (unpaired) electrons. The number of nitrogens with one attached hydrogen (secondary N) is 1. The van der Waals surface area contributed by atoms with Crippen LogP contribution in [0.5, 0.6) is 0 Å². The van der Waals surface area contributed by atoms with E-state index in [4.69, 9.17) is 0 Å². The van der Waals surface area contributed by atoms with Gasteiger partial charge in [-0.2, -0.15) is 0 Å². The second kappa shape index (κ2) is 10.3. The predicted octanol–water partition coefficient (Wildman–Crippen LogP) is 6.43. The fraction of sp³-hybridized carbons (Fsp3) is 0.214. The van der Waals surface area contributed by atoms with Gasteiger partial charge in [0.2, 0.25) is 11.6 Å². The molecular formula is C28H28N5O2. The minimum Gasteiger partial charge on any atom is -0.342 e.